The Labute approximate surface area is 395 Å². The van der Waals surface area contributed by atoms with Gasteiger partial charge in [-0.05, 0) is 84.4 Å². The van der Waals surface area contributed by atoms with E-state index in [0.29, 0.717) is 68.7 Å². The highest BCUT2D eigenvalue weighted by Crippen LogP contribution is 2.39. The first-order chi connectivity index (χ1) is 31.9. The van der Waals surface area contributed by atoms with Crippen molar-refractivity contribution in [3.8, 4) is 46.6 Å². The lowest BCUT2D eigenvalue weighted by molar-refractivity contribution is 0.275. The number of benzene rings is 3. The number of rotatable bonds is 15. The van der Waals surface area contributed by atoms with Crippen molar-refractivity contribution in [2.45, 2.75) is 75.4 Å². The van der Waals surface area contributed by atoms with Crippen LogP contribution in [0, 0.1) is 40.1 Å². The molecule has 8 N–H and O–H groups in total. The van der Waals surface area contributed by atoms with E-state index in [1.165, 1.54) is 25.7 Å². The summed E-state index contributed by atoms with van der Waals surface area (Å²) in [5, 5.41) is 17.6. The Morgan fingerprint density at radius 3 is 1.10 bits per heavy atom. The molecule has 0 fully saturated rings. The SMILES string of the molecule is CCN(CC)CC.CCOc1cc(C#N)c(C#N)c(F)c1OCC.CCOc1cc2c(c(F)c1OCC)C(N)=NC2.CCOc1cc2c(c(F)c1OCC)C(N)=NC2.O=S(=O)(O)O.O=S(=O)(O)O. The van der Waals surface area contributed by atoms with Crippen LogP contribution in [0.2, 0.25) is 0 Å². The number of nitrogens with zero attached hydrogens (tertiary/aromatic N) is 5. The maximum absolute atomic E-state index is 14.2. The van der Waals surface area contributed by atoms with E-state index in [0.717, 1.165) is 11.1 Å². The summed E-state index contributed by atoms with van der Waals surface area (Å²) in [6.45, 7) is 23.8. The van der Waals surface area contributed by atoms with Crippen LogP contribution in [0.5, 0.6) is 34.5 Å². The summed E-state index contributed by atoms with van der Waals surface area (Å²) in [4.78, 5) is 10.4. The molecular formula is C42H60F3N7O14S2. The maximum Gasteiger partial charge on any atom is 0.394 e. The van der Waals surface area contributed by atoms with Gasteiger partial charge in [-0.1, -0.05) is 20.8 Å². The zero-order chi connectivity index (χ0) is 52.4. The predicted molar refractivity (Wildman–Crippen MR) is 246 cm³/mol. The van der Waals surface area contributed by atoms with Crippen molar-refractivity contribution in [1.82, 2.24) is 4.90 Å². The molecular weight excluding hydrogens is 948 g/mol. The molecule has 3 aromatic carbocycles. The number of nitrogens with two attached hydrogens (primary N) is 2. The van der Waals surface area contributed by atoms with Crippen molar-refractivity contribution < 1.29 is 76.6 Å². The summed E-state index contributed by atoms with van der Waals surface area (Å²) in [7, 11) is -9.33. The number of halogens is 3. The van der Waals surface area contributed by atoms with Gasteiger partial charge >= 0.3 is 20.8 Å². The summed E-state index contributed by atoms with van der Waals surface area (Å²) in [6, 6.07) is 8.22. The van der Waals surface area contributed by atoms with Gasteiger partial charge in [0, 0.05) is 6.07 Å². The highest BCUT2D eigenvalue weighted by atomic mass is 32.3. The predicted octanol–water partition coefficient (Wildman–Crippen LogP) is 6.09. The van der Waals surface area contributed by atoms with Gasteiger partial charge in [-0.2, -0.15) is 27.4 Å². The molecule has 3 aromatic rings. The molecule has 0 bridgehead atoms. The monoisotopic (exact) mass is 1010 g/mol. The van der Waals surface area contributed by atoms with Gasteiger partial charge in [-0.25, -0.2) is 13.2 Å². The molecule has 0 aromatic heterocycles. The fraction of sp³-hybridized carbons (Fsp3) is 0.476. The number of fused-ring (bicyclic) bond motifs is 2. The van der Waals surface area contributed by atoms with E-state index in [1.807, 2.05) is 13.8 Å². The van der Waals surface area contributed by atoms with E-state index in [1.54, 1.807) is 52.0 Å². The van der Waals surface area contributed by atoms with Crippen molar-refractivity contribution in [3.63, 3.8) is 0 Å². The summed E-state index contributed by atoms with van der Waals surface area (Å²) < 4.78 is 137. The van der Waals surface area contributed by atoms with E-state index in [4.69, 9.17) is 85.5 Å². The van der Waals surface area contributed by atoms with Crippen molar-refractivity contribution in [2.75, 3.05) is 59.3 Å². The van der Waals surface area contributed by atoms with Gasteiger partial charge in [0.15, 0.2) is 51.9 Å². The molecule has 0 saturated carbocycles. The molecule has 5 rings (SSSR count). The lowest BCUT2D eigenvalue weighted by Crippen LogP contribution is -2.21. The van der Waals surface area contributed by atoms with Crippen LogP contribution >= 0.6 is 0 Å². The Morgan fingerprint density at radius 2 is 0.853 bits per heavy atom. The summed E-state index contributed by atoms with van der Waals surface area (Å²) in [5.41, 5.74) is 13.1. The molecule has 0 saturated heterocycles. The second-order valence-corrected chi connectivity index (χ2v) is 14.6. The lowest BCUT2D eigenvalue weighted by atomic mass is 10.1. The third-order valence-electron chi connectivity index (χ3n) is 8.42. The van der Waals surface area contributed by atoms with Crippen LogP contribution in [0.3, 0.4) is 0 Å². The average molecular weight is 1010 g/mol. The van der Waals surface area contributed by atoms with Crippen molar-refractivity contribution in [3.05, 3.63) is 69.0 Å². The molecule has 0 spiro atoms. The van der Waals surface area contributed by atoms with Gasteiger partial charge in [-0.15, -0.1) is 0 Å². The minimum Gasteiger partial charge on any atom is -0.490 e. The smallest absolute Gasteiger partial charge is 0.394 e. The van der Waals surface area contributed by atoms with Crippen LogP contribution in [0.1, 0.15) is 95.7 Å². The minimum atomic E-state index is -4.67. The number of ether oxygens (including phenoxy) is 6. The second-order valence-electron chi connectivity index (χ2n) is 12.8. The number of nitriles is 2. The van der Waals surface area contributed by atoms with E-state index in [2.05, 4.69) is 35.7 Å². The first kappa shape index (κ1) is 61.9. The van der Waals surface area contributed by atoms with Crippen molar-refractivity contribution >= 4 is 32.5 Å². The van der Waals surface area contributed by atoms with Crippen molar-refractivity contribution in [2.24, 2.45) is 21.5 Å². The number of hydrogen-bond acceptors (Lipinski definition) is 17. The Hall–Kier alpha value is -6.13. The van der Waals surface area contributed by atoms with Gasteiger partial charge in [0.1, 0.15) is 29.4 Å². The molecule has 21 nitrogen and oxygen atoms in total. The number of hydrogen-bond donors (Lipinski definition) is 6. The topological polar surface area (TPSA) is 332 Å². The van der Waals surface area contributed by atoms with Crippen LogP contribution < -0.4 is 39.9 Å². The molecule has 26 heteroatoms. The number of amidine groups is 2. The van der Waals surface area contributed by atoms with Crippen LogP contribution in [-0.2, 0) is 33.9 Å². The summed E-state index contributed by atoms with van der Waals surface area (Å²) in [6.07, 6.45) is 0. The molecule has 2 heterocycles. The standard InChI is InChI=1S/2C12H15FN2O2.C12H11FN2O2.C6H15N.2H2O4S/c2*1-3-16-8-5-7-6-15-12(14)9(7)10(13)11(8)17-4-2;1-3-16-10-5-8(6-14)9(7-15)11(13)12(10)17-4-2;1-4-7(5-2)6-3;2*1-5(2,3)4/h2*5H,3-4,6H2,1-2H3,(H2,14,15);5H,3-4H2,1-2H3;4-6H2,1-3H3;2*(H2,1,2,3,4). The molecule has 0 unspecified atom stereocenters. The Morgan fingerprint density at radius 1 is 0.559 bits per heavy atom. The molecule has 0 aliphatic carbocycles. The summed E-state index contributed by atoms with van der Waals surface area (Å²) in [5.74, 6) is -0.280. The van der Waals surface area contributed by atoms with Gasteiger partial charge < -0.3 is 44.8 Å². The molecule has 2 aliphatic rings. The van der Waals surface area contributed by atoms with E-state index >= 15 is 0 Å². The highest BCUT2D eigenvalue weighted by Gasteiger charge is 2.27. The fourth-order valence-corrected chi connectivity index (χ4v) is 5.72. The van der Waals surface area contributed by atoms with Crippen LogP contribution in [-0.4, -0.2) is 111 Å². The molecule has 0 amide bonds. The van der Waals surface area contributed by atoms with E-state index in [9.17, 15) is 13.2 Å². The largest absolute Gasteiger partial charge is 0.490 e. The van der Waals surface area contributed by atoms with Gasteiger partial charge in [0.2, 0.25) is 0 Å². The lowest BCUT2D eigenvalue weighted by Gasteiger charge is -2.14. The molecule has 0 radical (unpaired) electrons. The van der Waals surface area contributed by atoms with Gasteiger partial charge in [-0.3, -0.25) is 28.2 Å². The Bertz CT molecular complexity index is 2340. The maximum atomic E-state index is 14.2. The van der Waals surface area contributed by atoms with Crippen LogP contribution in [0.15, 0.2) is 28.2 Å². The first-order valence-corrected chi connectivity index (χ1v) is 23.6. The third kappa shape index (κ3) is 20.8. The van der Waals surface area contributed by atoms with Crippen molar-refractivity contribution in [1.29, 1.82) is 10.5 Å². The Balaban J connectivity index is 0.000000847. The summed E-state index contributed by atoms with van der Waals surface area (Å²) >= 11 is 0. The fourth-order valence-electron chi connectivity index (χ4n) is 5.72. The molecule has 0 atom stereocenters. The van der Waals surface area contributed by atoms with Crippen LogP contribution in [0.25, 0.3) is 0 Å². The van der Waals surface area contributed by atoms with Gasteiger partial charge in [0.05, 0.1) is 69.4 Å². The number of aliphatic imine (C=N–C) groups is 2. The quantitative estimate of drug-likeness (QED) is 0.0937. The minimum absolute atomic E-state index is 0.0584. The van der Waals surface area contributed by atoms with E-state index < -0.39 is 38.2 Å². The van der Waals surface area contributed by atoms with E-state index in [-0.39, 0.29) is 52.4 Å². The molecule has 68 heavy (non-hydrogen) atoms. The van der Waals surface area contributed by atoms with Crippen LogP contribution in [0.4, 0.5) is 13.2 Å². The highest BCUT2D eigenvalue weighted by molar-refractivity contribution is 7.80. The third-order valence-corrected chi connectivity index (χ3v) is 8.42. The Kier molecular flexibility index (Phi) is 28.2. The second kappa shape index (κ2) is 31.0. The molecule has 2 aliphatic heterocycles. The normalized spacial score (nSPS) is 11.7. The zero-order valence-corrected chi connectivity index (χ0v) is 40.9. The zero-order valence-electron chi connectivity index (χ0n) is 39.2. The first-order valence-electron chi connectivity index (χ1n) is 20.8. The average Bonchev–Trinajstić information content (AvgIpc) is 3.83. The van der Waals surface area contributed by atoms with Gasteiger partial charge in [0.25, 0.3) is 0 Å². The molecule has 380 valence electrons.